The van der Waals surface area contributed by atoms with Crippen molar-refractivity contribution in [1.82, 2.24) is 14.9 Å². The molecule has 3 aromatic rings. The topological polar surface area (TPSA) is 79.8 Å². The number of halogens is 1. The van der Waals surface area contributed by atoms with E-state index in [1.165, 1.54) is 25.6 Å². The van der Waals surface area contributed by atoms with Gasteiger partial charge in [-0.3, -0.25) is 0 Å². The minimum Gasteiger partial charge on any atom is -0.496 e. The van der Waals surface area contributed by atoms with Crippen LogP contribution in [0.2, 0.25) is 0 Å². The minimum absolute atomic E-state index is 0.179. The van der Waals surface area contributed by atoms with Crippen LogP contribution >= 0.6 is 0 Å². The van der Waals surface area contributed by atoms with Gasteiger partial charge in [-0.1, -0.05) is 12.1 Å². The molecule has 1 aromatic heterocycles. The fraction of sp³-hybridized carbons (Fsp3) is 0.261. The van der Waals surface area contributed by atoms with Crippen molar-refractivity contribution in [3.63, 3.8) is 0 Å². The Morgan fingerprint density at radius 1 is 0.969 bits per heavy atom. The Morgan fingerprint density at radius 2 is 1.72 bits per heavy atom. The first-order valence-corrected chi connectivity index (χ1v) is 10.2. The summed E-state index contributed by atoms with van der Waals surface area (Å²) < 4.78 is 24.4. The molecule has 2 aromatic carbocycles. The molecule has 2 amide bonds. The Bertz CT molecular complexity index is 1100. The average Bonchev–Trinajstić information content (AvgIpc) is 2.84. The van der Waals surface area contributed by atoms with Gasteiger partial charge >= 0.3 is 6.03 Å². The Morgan fingerprint density at radius 3 is 2.47 bits per heavy atom. The zero-order chi connectivity index (χ0) is 22.5. The molecule has 8 nitrogen and oxygen atoms in total. The molecule has 166 valence electrons. The fourth-order valence-corrected chi connectivity index (χ4v) is 3.63. The van der Waals surface area contributed by atoms with Gasteiger partial charge in [0.15, 0.2) is 0 Å². The molecule has 0 bridgehead atoms. The number of amides is 2. The van der Waals surface area contributed by atoms with E-state index in [2.05, 4.69) is 20.2 Å². The molecule has 0 atom stereocenters. The summed E-state index contributed by atoms with van der Waals surface area (Å²) in [5.74, 6) is 1.50. The van der Waals surface area contributed by atoms with Crippen LogP contribution in [0.5, 0.6) is 11.5 Å². The smallest absolute Gasteiger partial charge is 0.322 e. The van der Waals surface area contributed by atoms with Crippen LogP contribution in [0.3, 0.4) is 0 Å². The summed E-state index contributed by atoms with van der Waals surface area (Å²) in [6.45, 7) is 2.28. The van der Waals surface area contributed by atoms with E-state index in [1.807, 2.05) is 18.2 Å². The second kappa shape index (κ2) is 9.51. The fourth-order valence-electron chi connectivity index (χ4n) is 3.63. The van der Waals surface area contributed by atoms with Gasteiger partial charge in [0.1, 0.15) is 29.5 Å². The van der Waals surface area contributed by atoms with Crippen LogP contribution in [0.15, 0.2) is 54.9 Å². The maximum Gasteiger partial charge on any atom is 0.322 e. The van der Waals surface area contributed by atoms with E-state index in [9.17, 15) is 9.18 Å². The summed E-state index contributed by atoms with van der Waals surface area (Å²) in [6.07, 6.45) is 1.45. The van der Waals surface area contributed by atoms with Crippen LogP contribution in [0.1, 0.15) is 0 Å². The van der Waals surface area contributed by atoms with Crippen LogP contribution < -0.4 is 19.7 Å². The number of urea groups is 1. The zero-order valence-electron chi connectivity index (χ0n) is 17.9. The van der Waals surface area contributed by atoms with Crippen molar-refractivity contribution in [1.29, 1.82) is 0 Å². The standard InChI is InChI=1S/C23H24FN5O3/c1-31-20-8-7-16(24)13-17(20)19-14-22(26-15-25-19)28-9-11-29(12-10-28)23(30)27-18-5-3-4-6-21(18)32-2/h3-8,13-15H,9-12H2,1-2H3,(H,27,30). The monoisotopic (exact) mass is 437 g/mol. The molecule has 2 heterocycles. The summed E-state index contributed by atoms with van der Waals surface area (Å²) in [4.78, 5) is 25.2. The van der Waals surface area contributed by atoms with Gasteiger partial charge in [0.25, 0.3) is 0 Å². The first-order chi connectivity index (χ1) is 15.6. The number of methoxy groups -OCH3 is 2. The van der Waals surface area contributed by atoms with Crippen molar-refractivity contribution < 1.29 is 18.7 Å². The van der Waals surface area contributed by atoms with E-state index in [0.717, 1.165) is 0 Å². The van der Waals surface area contributed by atoms with Crippen LogP contribution in [-0.2, 0) is 0 Å². The maximum absolute atomic E-state index is 13.8. The van der Waals surface area contributed by atoms with Gasteiger partial charge in [0, 0.05) is 37.8 Å². The van der Waals surface area contributed by atoms with E-state index < -0.39 is 0 Å². The number of nitrogens with zero attached hydrogens (tertiary/aromatic N) is 4. The Kier molecular flexibility index (Phi) is 6.34. The molecule has 1 aliphatic heterocycles. The predicted octanol–water partition coefficient (Wildman–Crippen LogP) is 3.65. The highest BCUT2D eigenvalue weighted by atomic mass is 19.1. The van der Waals surface area contributed by atoms with Gasteiger partial charge in [-0.2, -0.15) is 0 Å². The number of carbonyl (C=O) groups is 1. The van der Waals surface area contributed by atoms with Crippen LogP contribution in [0, 0.1) is 5.82 Å². The number of ether oxygens (including phenoxy) is 2. The van der Waals surface area contributed by atoms with Gasteiger partial charge in [-0.25, -0.2) is 19.2 Å². The zero-order valence-corrected chi connectivity index (χ0v) is 17.9. The number of para-hydroxylation sites is 2. The summed E-state index contributed by atoms with van der Waals surface area (Å²) in [7, 11) is 3.10. The van der Waals surface area contributed by atoms with Gasteiger partial charge in [0.2, 0.25) is 0 Å². The van der Waals surface area contributed by atoms with Crippen molar-refractivity contribution >= 4 is 17.5 Å². The van der Waals surface area contributed by atoms with Crippen molar-refractivity contribution in [2.24, 2.45) is 0 Å². The van der Waals surface area contributed by atoms with Crippen molar-refractivity contribution in [3.8, 4) is 22.8 Å². The van der Waals surface area contributed by atoms with E-state index in [-0.39, 0.29) is 11.8 Å². The van der Waals surface area contributed by atoms with E-state index in [1.54, 1.807) is 30.2 Å². The predicted molar refractivity (Wildman–Crippen MR) is 120 cm³/mol. The number of benzene rings is 2. The molecular weight excluding hydrogens is 413 g/mol. The number of aromatic nitrogens is 2. The van der Waals surface area contributed by atoms with E-state index >= 15 is 0 Å². The third kappa shape index (κ3) is 4.56. The summed E-state index contributed by atoms with van der Waals surface area (Å²) in [6, 6.07) is 13.2. The van der Waals surface area contributed by atoms with Crippen molar-refractivity contribution in [3.05, 3.63) is 60.7 Å². The quantitative estimate of drug-likeness (QED) is 0.656. The highest BCUT2D eigenvalue weighted by Crippen LogP contribution is 2.31. The van der Waals surface area contributed by atoms with Crippen molar-refractivity contribution in [2.75, 3.05) is 50.6 Å². The molecule has 0 saturated carbocycles. The number of anilines is 2. The number of hydrogen-bond donors (Lipinski definition) is 1. The SMILES string of the molecule is COc1ccccc1NC(=O)N1CCN(c2cc(-c3cc(F)ccc3OC)ncn2)CC1. The number of nitrogens with one attached hydrogen (secondary N) is 1. The highest BCUT2D eigenvalue weighted by molar-refractivity contribution is 5.91. The summed E-state index contributed by atoms with van der Waals surface area (Å²) in [5, 5.41) is 2.90. The Labute approximate surface area is 185 Å². The third-order valence-electron chi connectivity index (χ3n) is 5.33. The van der Waals surface area contributed by atoms with Crippen molar-refractivity contribution in [2.45, 2.75) is 0 Å². The molecule has 4 rings (SSSR count). The first kappa shape index (κ1) is 21.4. The Balaban J connectivity index is 1.43. The summed E-state index contributed by atoms with van der Waals surface area (Å²) in [5.41, 5.74) is 1.76. The molecule has 1 aliphatic rings. The van der Waals surface area contributed by atoms with Crippen LogP contribution in [0.4, 0.5) is 20.7 Å². The molecule has 32 heavy (non-hydrogen) atoms. The van der Waals surface area contributed by atoms with Gasteiger partial charge in [0.05, 0.1) is 25.6 Å². The molecule has 1 saturated heterocycles. The molecule has 0 unspecified atom stereocenters. The third-order valence-corrected chi connectivity index (χ3v) is 5.33. The molecule has 1 N–H and O–H groups in total. The second-order valence-electron chi connectivity index (χ2n) is 7.21. The Hall–Kier alpha value is -3.88. The molecule has 0 spiro atoms. The number of carbonyl (C=O) groups excluding carboxylic acids is 1. The van der Waals surface area contributed by atoms with E-state index in [4.69, 9.17) is 9.47 Å². The lowest BCUT2D eigenvalue weighted by Crippen LogP contribution is -2.50. The van der Waals surface area contributed by atoms with Gasteiger partial charge in [-0.05, 0) is 30.3 Å². The molecule has 0 radical (unpaired) electrons. The van der Waals surface area contributed by atoms with Crippen LogP contribution in [0.25, 0.3) is 11.3 Å². The molecule has 1 fully saturated rings. The lowest BCUT2D eigenvalue weighted by atomic mass is 10.1. The lowest BCUT2D eigenvalue weighted by molar-refractivity contribution is 0.208. The number of hydrogen-bond acceptors (Lipinski definition) is 6. The highest BCUT2D eigenvalue weighted by Gasteiger charge is 2.23. The average molecular weight is 437 g/mol. The molecule has 9 heteroatoms. The minimum atomic E-state index is -0.365. The second-order valence-corrected chi connectivity index (χ2v) is 7.21. The lowest BCUT2D eigenvalue weighted by Gasteiger charge is -2.35. The number of piperazine rings is 1. The normalized spacial score (nSPS) is 13.6. The van der Waals surface area contributed by atoms with Gasteiger partial charge in [-0.15, -0.1) is 0 Å². The first-order valence-electron chi connectivity index (χ1n) is 10.2. The molecule has 0 aliphatic carbocycles. The van der Waals surface area contributed by atoms with E-state index in [0.29, 0.717) is 60.4 Å². The van der Waals surface area contributed by atoms with Gasteiger partial charge < -0.3 is 24.6 Å². The van der Waals surface area contributed by atoms with Crippen LogP contribution in [-0.4, -0.2) is 61.3 Å². The summed E-state index contributed by atoms with van der Waals surface area (Å²) >= 11 is 0. The number of rotatable bonds is 5. The molecular formula is C23H24FN5O3. The largest absolute Gasteiger partial charge is 0.496 e. The maximum atomic E-state index is 13.8.